The molecular weight excluding hydrogens is 286 g/mol. The van der Waals surface area contributed by atoms with Gasteiger partial charge in [0.2, 0.25) is 0 Å². The summed E-state index contributed by atoms with van der Waals surface area (Å²) in [6.07, 6.45) is 0. The van der Waals surface area contributed by atoms with Crippen LogP contribution < -0.4 is 0 Å². The first-order valence-electron chi connectivity index (χ1n) is 5.25. The summed E-state index contributed by atoms with van der Waals surface area (Å²) in [6, 6.07) is 7.86. The molecule has 2 heterocycles. The summed E-state index contributed by atoms with van der Waals surface area (Å²) in [5, 5.41) is 13.4. The van der Waals surface area contributed by atoms with Crippen LogP contribution >= 0.6 is 34.7 Å². The highest BCUT2D eigenvalue weighted by atomic mass is 35.5. The lowest BCUT2D eigenvalue weighted by atomic mass is 10.2. The van der Waals surface area contributed by atoms with Crippen LogP contribution in [0.25, 0.3) is 10.8 Å². The summed E-state index contributed by atoms with van der Waals surface area (Å²) in [5.41, 5.74) is 1.02. The maximum atomic E-state index is 6.04. The van der Waals surface area contributed by atoms with Crippen LogP contribution in [0.5, 0.6) is 0 Å². The molecule has 90 valence electrons. The van der Waals surface area contributed by atoms with Crippen molar-refractivity contribution in [3.05, 3.63) is 40.5 Å². The molecule has 2 aromatic heterocycles. The molecule has 6 heteroatoms. The fourth-order valence-corrected chi connectivity index (χ4v) is 3.61. The third kappa shape index (κ3) is 2.21. The Morgan fingerprint density at radius 1 is 1.17 bits per heavy atom. The molecule has 0 saturated heterocycles. The molecule has 0 unspecified atom stereocenters. The second kappa shape index (κ2) is 4.84. The number of hydrogen-bond donors (Lipinski definition) is 0. The van der Waals surface area contributed by atoms with Crippen molar-refractivity contribution >= 4 is 45.5 Å². The first-order chi connectivity index (χ1) is 8.74. The predicted octanol–water partition coefficient (Wildman–Crippen LogP) is 4.20. The minimum absolute atomic E-state index is 0.435. The minimum atomic E-state index is 0.435. The van der Waals surface area contributed by atoms with Crippen LogP contribution in [-0.4, -0.2) is 15.2 Å². The van der Waals surface area contributed by atoms with Crippen LogP contribution in [0.4, 0.5) is 0 Å². The zero-order valence-corrected chi connectivity index (χ0v) is 11.8. The van der Waals surface area contributed by atoms with Gasteiger partial charge >= 0.3 is 0 Å². The zero-order chi connectivity index (χ0) is 12.5. The molecule has 3 aromatic rings. The van der Waals surface area contributed by atoms with Crippen LogP contribution in [0.15, 0.2) is 39.0 Å². The largest absolute Gasteiger partial charge is 0.235 e. The van der Waals surface area contributed by atoms with Crippen molar-refractivity contribution in [2.75, 3.05) is 0 Å². The van der Waals surface area contributed by atoms with Gasteiger partial charge in [-0.1, -0.05) is 35.9 Å². The third-order valence-electron chi connectivity index (χ3n) is 2.39. The van der Waals surface area contributed by atoms with Gasteiger partial charge in [-0.15, -0.1) is 21.5 Å². The molecule has 0 N–H and O–H groups in total. The normalized spacial score (nSPS) is 11.0. The first-order valence-corrected chi connectivity index (χ1v) is 7.32. The maximum Gasteiger partial charge on any atom is 0.159 e. The molecule has 0 aliphatic heterocycles. The highest BCUT2D eigenvalue weighted by Gasteiger charge is 2.10. The Labute approximate surface area is 117 Å². The quantitative estimate of drug-likeness (QED) is 0.710. The molecule has 1 aromatic carbocycles. The average Bonchev–Trinajstić information content (AvgIpc) is 2.79. The maximum absolute atomic E-state index is 6.04. The van der Waals surface area contributed by atoms with Crippen molar-refractivity contribution in [1.82, 2.24) is 15.2 Å². The fourth-order valence-electron chi connectivity index (χ4n) is 1.58. The van der Waals surface area contributed by atoms with Gasteiger partial charge in [-0.25, -0.2) is 4.98 Å². The Hall–Kier alpha value is -1.17. The van der Waals surface area contributed by atoms with Crippen LogP contribution in [0.1, 0.15) is 5.69 Å². The van der Waals surface area contributed by atoms with E-state index in [1.165, 1.54) is 11.8 Å². The van der Waals surface area contributed by atoms with E-state index >= 15 is 0 Å². The van der Waals surface area contributed by atoms with Gasteiger partial charge in [0.25, 0.3) is 0 Å². The van der Waals surface area contributed by atoms with Gasteiger partial charge < -0.3 is 0 Å². The topological polar surface area (TPSA) is 38.7 Å². The molecule has 3 nitrogen and oxygen atoms in total. The number of hydrogen-bond acceptors (Lipinski definition) is 5. The predicted molar refractivity (Wildman–Crippen MR) is 75.5 cm³/mol. The molecule has 0 fully saturated rings. The number of aryl methyl sites for hydroxylation is 1. The van der Waals surface area contributed by atoms with Gasteiger partial charge in [0.15, 0.2) is 9.49 Å². The van der Waals surface area contributed by atoms with Gasteiger partial charge in [0.1, 0.15) is 5.03 Å². The van der Waals surface area contributed by atoms with E-state index in [-0.39, 0.29) is 0 Å². The summed E-state index contributed by atoms with van der Waals surface area (Å²) in [5.74, 6) is 0. The molecule has 0 bridgehead atoms. The monoisotopic (exact) mass is 293 g/mol. The molecule has 0 aliphatic carbocycles. The standard InChI is InChI=1S/C12H8ClN3S2/c1-7-6-17-12(14-7)18-11-9-5-3-2-4-8(9)10(13)15-16-11/h2-6H,1H3. The van der Waals surface area contributed by atoms with E-state index in [2.05, 4.69) is 15.2 Å². The Morgan fingerprint density at radius 3 is 2.67 bits per heavy atom. The van der Waals surface area contributed by atoms with Gasteiger partial charge in [-0.3, -0.25) is 0 Å². The minimum Gasteiger partial charge on any atom is -0.235 e. The van der Waals surface area contributed by atoms with Gasteiger partial charge in [0, 0.05) is 21.8 Å². The van der Waals surface area contributed by atoms with Crippen LogP contribution in [0.3, 0.4) is 0 Å². The third-order valence-corrected chi connectivity index (χ3v) is 4.72. The van der Waals surface area contributed by atoms with Crippen molar-refractivity contribution in [3.8, 4) is 0 Å². The lowest BCUT2D eigenvalue weighted by Crippen LogP contribution is -1.89. The second-order valence-corrected chi connectivity index (χ2v) is 6.15. The Morgan fingerprint density at radius 2 is 1.94 bits per heavy atom. The highest BCUT2D eigenvalue weighted by molar-refractivity contribution is 8.01. The number of aromatic nitrogens is 3. The first kappa shape index (κ1) is 11.9. The SMILES string of the molecule is Cc1csc(Sc2nnc(Cl)c3ccccc23)n1. The van der Waals surface area contributed by atoms with Crippen molar-refractivity contribution in [3.63, 3.8) is 0 Å². The molecule has 0 amide bonds. The number of thiazole rings is 1. The summed E-state index contributed by atoms with van der Waals surface area (Å²) in [4.78, 5) is 4.42. The Kier molecular flexibility index (Phi) is 3.20. The van der Waals surface area contributed by atoms with Crippen LogP contribution in [0.2, 0.25) is 5.15 Å². The number of benzene rings is 1. The molecule has 0 saturated carbocycles. The van der Waals surface area contributed by atoms with Crippen molar-refractivity contribution in [2.24, 2.45) is 0 Å². The molecule has 0 aliphatic rings. The molecule has 0 atom stereocenters. The van der Waals surface area contributed by atoms with Crippen LogP contribution in [0, 0.1) is 6.92 Å². The van der Waals surface area contributed by atoms with Gasteiger partial charge in [-0.2, -0.15) is 0 Å². The highest BCUT2D eigenvalue weighted by Crippen LogP contribution is 2.34. The molecule has 18 heavy (non-hydrogen) atoms. The summed E-state index contributed by atoms with van der Waals surface area (Å²) in [7, 11) is 0. The van der Waals surface area contributed by atoms with Gasteiger partial charge in [-0.05, 0) is 18.7 Å². The summed E-state index contributed by atoms with van der Waals surface area (Å²) >= 11 is 9.17. The van der Waals surface area contributed by atoms with Crippen molar-refractivity contribution in [1.29, 1.82) is 0 Å². The molecular formula is C12H8ClN3S2. The van der Waals surface area contributed by atoms with E-state index in [0.29, 0.717) is 5.15 Å². The van der Waals surface area contributed by atoms with E-state index in [4.69, 9.17) is 11.6 Å². The van der Waals surface area contributed by atoms with E-state index in [0.717, 1.165) is 25.8 Å². The van der Waals surface area contributed by atoms with Crippen molar-refractivity contribution in [2.45, 2.75) is 16.3 Å². The smallest absolute Gasteiger partial charge is 0.159 e. The number of fused-ring (bicyclic) bond motifs is 1. The van der Waals surface area contributed by atoms with Gasteiger partial charge in [0.05, 0.1) is 0 Å². The van der Waals surface area contributed by atoms with Crippen LogP contribution in [-0.2, 0) is 0 Å². The summed E-state index contributed by atoms with van der Waals surface area (Å²) < 4.78 is 0.967. The fraction of sp³-hybridized carbons (Fsp3) is 0.0833. The Balaban J connectivity index is 2.09. The zero-order valence-electron chi connectivity index (χ0n) is 9.42. The average molecular weight is 294 g/mol. The molecule has 0 radical (unpaired) electrons. The molecule has 0 spiro atoms. The summed E-state index contributed by atoms with van der Waals surface area (Å²) in [6.45, 7) is 1.98. The molecule has 3 rings (SSSR count). The number of rotatable bonds is 2. The number of halogens is 1. The van der Waals surface area contributed by atoms with E-state index in [1.807, 2.05) is 36.6 Å². The lowest BCUT2D eigenvalue weighted by Gasteiger charge is -2.03. The number of nitrogens with zero attached hydrogens (tertiary/aromatic N) is 3. The Bertz CT molecular complexity index is 711. The van der Waals surface area contributed by atoms with Crippen molar-refractivity contribution < 1.29 is 0 Å². The van der Waals surface area contributed by atoms with E-state index in [9.17, 15) is 0 Å². The van der Waals surface area contributed by atoms with E-state index < -0.39 is 0 Å². The lowest BCUT2D eigenvalue weighted by molar-refractivity contribution is 0.955. The second-order valence-electron chi connectivity index (χ2n) is 3.70. The van der Waals surface area contributed by atoms with E-state index in [1.54, 1.807) is 11.3 Å².